The molecule has 2 aliphatic rings. The zero-order chi connectivity index (χ0) is 9.47. The highest BCUT2D eigenvalue weighted by Crippen LogP contribution is 2.44. The van der Waals surface area contributed by atoms with Crippen molar-refractivity contribution in [2.24, 2.45) is 5.41 Å². The molecule has 0 bridgehead atoms. The van der Waals surface area contributed by atoms with Crippen LogP contribution in [-0.4, -0.2) is 5.78 Å². The van der Waals surface area contributed by atoms with Crippen LogP contribution in [0.3, 0.4) is 0 Å². The molecular formula is C12H16O. The Kier molecular flexibility index (Phi) is 1.90. The molecule has 1 atom stereocenters. The number of hydrogen-bond donors (Lipinski definition) is 0. The van der Waals surface area contributed by atoms with E-state index in [-0.39, 0.29) is 5.41 Å². The summed E-state index contributed by atoms with van der Waals surface area (Å²) in [6, 6.07) is 0. The Morgan fingerprint density at radius 2 is 2.08 bits per heavy atom. The molecule has 0 aromatic rings. The van der Waals surface area contributed by atoms with E-state index in [1.165, 1.54) is 11.1 Å². The van der Waals surface area contributed by atoms with Crippen LogP contribution in [0.15, 0.2) is 23.3 Å². The molecule has 0 saturated carbocycles. The van der Waals surface area contributed by atoms with E-state index in [0.29, 0.717) is 5.78 Å². The predicted octanol–water partition coefficient (Wildman–Crippen LogP) is 3.02. The monoisotopic (exact) mass is 176 g/mol. The fourth-order valence-electron chi connectivity index (χ4n) is 2.56. The molecule has 2 rings (SSSR count). The summed E-state index contributed by atoms with van der Waals surface area (Å²) in [5, 5.41) is 0. The highest BCUT2D eigenvalue weighted by molar-refractivity contribution is 5.90. The van der Waals surface area contributed by atoms with Crippen LogP contribution in [0.25, 0.3) is 0 Å². The van der Waals surface area contributed by atoms with Gasteiger partial charge in [-0.1, -0.05) is 17.7 Å². The Balaban J connectivity index is 2.48. The van der Waals surface area contributed by atoms with Crippen molar-refractivity contribution in [3.8, 4) is 0 Å². The van der Waals surface area contributed by atoms with E-state index in [1.807, 2.05) is 0 Å². The van der Waals surface area contributed by atoms with E-state index >= 15 is 0 Å². The standard InChI is InChI=1S/C12H16O/c1-9-5-4-8-12(2)10(9)6-3-7-11(12)13/h5-6H,3-4,7-8H2,1-2H3. The van der Waals surface area contributed by atoms with E-state index in [1.54, 1.807) is 0 Å². The van der Waals surface area contributed by atoms with Gasteiger partial charge in [-0.3, -0.25) is 4.79 Å². The van der Waals surface area contributed by atoms with Gasteiger partial charge in [0.25, 0.3) is 0 Å². The van der Waals surface area contributed by atoms with Crippen LogP contribution in [0, 0.1) is 5.41 Å². The van der Waals surface area contributed by atoms with Crippen molar-refractivity contribution in [3.63, 3.8) is 0 Å². The summed E-state index contributed by atoms with van der Waals surface area (Å²) in [6.07, 6.45) is 8.27. The van der Waals surface area contributed by atoms with Gasteiger partial charge >= 0.3 is 0 Å². The van der Waals surface area contributed by atoms with E-state index in [4.69, 9.17) is 0 Å². The summed E-state index contributed by atoms with van der Waals surface area (Å²) < 4.78 is 0. The van der Waals surface area contributed by atoms with Gasteiger partial charge in [0.1, 0.15) is 5.78 Å². The molecule has 0 N–H and O–H groups in total. The average molecular weight is 176 g/mol. The molecule has 13 heavy (non-hydrogen) atoms. The maximum Gasteiger partial charge on any atom is 0.143 e. The third kappa shape index (κ3) is 1.18. The van der Waals surface area contributed by atoms with Gasteiger partial charge in [0.2, 0.25) is 0 Å². The number of Topliss-reactive ketones (excluding diaryl/α,β-unsaturated/α-hetero) is 1. The Morgan fingerprint density at radius 3 is 2.77 bits per heavy atom. The molecule has 70 valence electrons. The second-order valence-corrected chi connectivity index (χ2v) is 4.34. The fraction of sp³-hybridized carbons (Fsp3) is 0.583. The van der Waals surface area contributed by atoms with Crippen molar-refractivity contribution in [3.05, 3.63) is 23.3 Å². The number of ketones is 1. The summed E-state index contributed by atoms with van der Waals surface area (Å²) in [7, 11) is 0. The van der Waals surface area contributed by atoms with Gasteiger partial charge in [0.05, 0.1) is 5.41 Å². The minimum atomic E-state index is -0.142. The Morgan fingerprint density at radius 1 is 1.31 bits per heavy atom. The first-order valence-electron chi connectivity index (χ1n) is 5.06. The van der Waals surface area contributed by atoms with Gasteiger partial charge < -0.3 is 0 Å². The molecule has 0 amide bonds. The zero-order valence-corrected chi connectivity index (χ0v) is 8.39. The van der Waals surface area contributed by atoms with Crippen LogP contribution in [0.5, 0.6) is 0 Å². The van der Waals surface area contributed by atoms with E-state index in [0.717, 1.165) is 25.7 Å². The molecule has 0 aromatic carbocycles. The minimum Gasteiger partial charge on any atom is -0.299 e. The summed E-state index contributed by atoms with van der Waals surface area (Å²) in [4.78, 5) is 11.8. The van der Waals surface area contributed by atoms with Crippen LogP contribution in [-0.2, 0) is 4.79 Å². The van der Waals surface area contributed by atoms with Gasteiger partial charge in [-0.25, -0.2) is 0 Å². The molecule has 1 heteroatoms. The fourth-order valence-corrected chi connectivity index (χ4v) is 2.56. The lowest BCUT2D eigenvalue weighted by Gasteiger charge is -2.37. The number of rotatable bonds is 0. The Bertz CT molecular complexity index is 309. The molecule has 0 aromatic heterocycles. The largest absolute Gasteiger partial charge is 0.299 e. The second kappa shape index (κ2) is 2.83. The highest BCUT2D eigenvalue weighted by Gasteiger charge is 2.39. The van der Waals surface area contributed by atoms with Crippen molar-refractivity contribution in [2.75, 3.05) is 0 Å². The lowest BCUT2D eigenvalue weighted by atomic mass is 9.65. The first-order chi connectivity index (χ1) is 6.14. The third-order valence-electron chi connectivity index (χ3n) is 3.45. The van der Waals surface area contributed by atoms with Gasteiger partial charge in [0, 0.05) is 6.42 Å². The number of carbonyl (C=O) groups is 1. The van der Waals surface area contributed by atoms with Crippen molar-refractivity contribution in [1.29, 1.82) is 0 Å². The van der Waals surface area contributed by atoms with Gasteiger partial charge in [-0.2, -0.15) is 0 Å². The van der Waals surface area contributed by atoms with Crippen LogP contribution < -0.4 is 0 Å². The maximum atomic E-state index is 11.8. The minimum absolute atomic E-state index is 0.142. The number of fused-ring (bicyclic) bond motifs is 1. The van der Waals surface area contributed by atoms with E-state index < -0.39 is 0 Å². The Hall–Kier alpha value is -0.850. The smallest absolute Gasteiger partial charge is 0.143 e. The van der Waals surface area contributed by atoms with Crippen molar-refractivity contribution in [1.82, 2.24) is 0 Å². The van der Waals surface area contributed by atoms with Gasteiger partial charge in [-0.15, -0.1) is 0 Å². The van der Waals surface area contributed by atoms with Crippen LogP contribution in [0.2, 0.25) is 0 Å². The molecule has 0 saturated heterocycles. The lowest BCUT2D eigenvalue weighted by Crippen LogP contribution is -2.34. The van der Waals surface area contributed by atoms with Crippen molar-refractivity contribution >= 4 is 5.78 Å². The molecule has 2 aliphatic carbocycles. The quantitative estimate of drug-likeness (QED) is 0.554. The predicted molar refractivity (Wildman–Crippen MR) is 53.4 cm³/mol. The molecule has 0 radical (unpaired) electrons. The highest BCUT2D eigenvalue weighted by atomic mass is 16.1. The van der Waals surface area contributed by atoms with E-state index in [2.05, 4.69) is 26.0 Å². The average Bonchev–Trinajstić information content (AvgIpc) is 2.08. The summed E-state index contributed by atoms with van der Waals surface area (Å²) in [5.74, 6) is 0.442. The number of carbonyl (C=O) groups excluding carboxylic acids is 1. The molecule has 0 spiro atoms. The zero-order valence-electron chi connectivity index (χ0n) is 8.39. The SMILES string of the molecule is CC1=CCCC2(C)C(=O)CCC=C12. The summed E-state index contributed by atoms with van der Waals surface area (Å²) in [5.41, 5.74) is 2.48. The third-order valence-corrected chi connectivity index (χ3v) is 3.45. The van der Waals surface area contributed by atoms with Gasteiger partial charge in [-0.05, 0) is 38.7 Å². The summed E-state index contributed by atoms with van der Waals surface area (Å²) >= 11 is 0. The first kappa shape index (κ1) is 8.74. The normalized spacial score (nSPS) is 33.5. The molecule has 0 fully saturated rings. The summed E-state index contributed by atoms with van der Waals surface area (Å²) in [6.45, 7) is 4.23. The lowest BCUT2D eigenvalue weighted by molar-refractivity contribution is -0.126. The van der Waals surface area contributed by atoms with Crippen LogP contribution in [0.1, 0.15) is 39.5 Å². The Labute approximate surface area is 79.5 Å². The maximum absolute atomic E-state index is 11.8. The molecular weight excluding hydrogens is 160 g/mol. The topological polar surface area (TPSA) is 17.1 Å². The second-order valence-electron chi connectivity index (χ2n) is 4.34. The molecule has 1 unspecified atom stereocenters. The van der Waals surface area contributed by atoms with Crippen molar-refractivity contribution in [2.45, 2.75) is 39.5 Å². The molecule has 0 heterocycles. The van der Waals surface area contributed by atoms with E-state index in [9.17, 15) is 4.79 Å². The van der Waals surface area contributed by atoms with Crippen LogP contribution >= 0.6 is 0 Å². The number of allylic oxidation sites excluding steroid dienone is 4. The van der Waals surface area contributed by atoms with Crippen molar-refractivity contribution < 1.29 is 4.79 Å². The molecule has 1 nitrogen and oxygen atoms in total. The van der Waals surface area contributed by atoms with Gasteiger partial charge in [0.15, 0.2) is 0 Å². The first-order valence-corrected chi connectivity index (χ1v) is 5.06. The number of hydrogen-bond acceptors (Lipinski definition) is 1. The van der Waals surface area contributed by atoms with Crippen LogP contribution in [0.4, 0.5) is 0 Å². The molecule has 0 aliphatic heterocycles.